The van der Waals surface area contributed by atoms with Crippen molar-refractivity contribution in [3.05, 3.63) is 59.8 Å². The lowest BCUT2D eigenvalue weighted by Crippen LogP contribution is -2.44. The van der Waals surface area contributed by atoms with Gasteiger partial charge in [-0.25, -0.2) is 4.98 Å². The minimum Gasteiger partial charge on any atom is -0.354 e. The summed E-state index contributed by atoms with van der Waals surface area (Å²) in [6.45, 7) is 4.67. The molecule has 2 heterocycles. The molecule has 0 aliphatic carbocycles. The van der Waals surface area contributed by atoms with E-state index in [-0.39, 0.29) is 5.91 Å². The topological polar surface area (TPSA) is 48.5 Å². The fourth-order valence-corrected chi connectivity index (χ4v) is 2.81. The lowest BCUT2D eigenvalue weighted by Gasteiger charge is -2.33. The summed E-state index contributed by atoms with van der Waals surface area (Å²) < 4.78 is 0. The van der Waals surface area contributed by atoms with Crippen LogP contribution in [0.3, 0.4) is 0 Å². The predicted molar refractivity (Wildman–Crippen MR) is 96.4 cm³/mol. The van der Waals surface area contributed by atoms with E-state index in [2.05, 4.69) is 39.3 Å². The molecule has 1 N–H and O–H groups in total. The molecule has 0 bridgehead atoms. The second-order valence-corrected chi connectivity index (χ2v) is 6.19. The number of nitrogens with zero attached hydrogens (tertiary/aromatic N) is 3. The Morgan fingerprint density at radius 2 is 1.83 bits per heavy atom. The molecule has 1 saturated heterocycles. The molecular weight excluding hydrogens is 300 g/mol. The van der Waals surface area contributed by atoms with Crippen LogP contribution < -0.4 is 10.2 Å². The highest BCUT2D eigenvalue weighted by molar-refractivity contribution is 5.94. The summed E-state index contributed by atoms with van der Waals surface area (Å²) in [4.78, 5) is 21.2. The molecule has 1 aromatic heterocycles. The van der Waals surface area contributed by atoms with Crippen molar-refractivity contribution in [3.63, 3.8) is 0 Å². The largest absolute Gasteiger partial charge is 0.354 e. The Bertz CT molecular complexity index is 649. The van der Waals surface area contributed by atoms with E-state index in [0.717, 1.165) is 38.4 Å². The molecule has 0 atom stereocenters. The number of nitrogens with one attached hydrogen (secondary N) is 1. The fraction of sp³-hybridized carbons (Fsp3) is 0.368. The number of hydrogen-bond donors (Lipinski definition) is 1. The number of aromatic nitrogens is 1. The van der Waals surface area contributed by atoms with Gasteiger partial charge in [-0.2, -0.15) is 0 Å². The number of likely N-dealkylation sites (N-methyl/N-ethyl adjacent to an activating group) is 1. The van der Waals surface area contributed by atoms with Gasteiger partial charge in [-0.05, 0) is 31.2 Å². The smallest absolute Gasteiger partial charge is 0.252 e. The Balaban J connectivity index is 1.50. The van der Waals surface area contributed by atoms with Gasteiger partial charge in [0.1, 0.15) is 5.82 Å². The standard InChI is InChI=1S/C19H24N4O/c1-22-11-13-23(14-12-22)18-8-7-17(15-21-18)19(24)20-10-9-16-5-3-2-4-6-16/h2-8,15H,9-14H2,1H3,(H,20,24). The number of carbonyl (C=O) groups is 1. The summed E-state index contributed by atoms with van der Waals surface area (Å²) in [7, 11) is 2.13. The van der Waals surface area contributed by atoms with Crippen molar-refractivity contribution < 1.29 is 4.79 Å². The zero-order valence-corrected chi connectivity index (χ0v) is 14.1. The minimum absolute atomic E-state index is 0.0663. The molecule has 1 aromatic carbocycles. The van der Waals surface area contributed by atoms with Crippen LogP contribution in [0, 0.1) is 0 Å². The minimum atomic E-state index is -0.0663. The van der Waals surface area contributed by atoms with E-state index in [9.17, 15) is 4.79 Å². The molecule has 2 aromatic rings. The first kappa shape index (κ1) is 16.5. The molecule has 0 saturated carbocycles. The molecule has 5 heteroatoms. The van der Waals surface area contributed by atoms with Crippen LogP contribution in [-0.2, 0) is 6.42 Å². The fourth-order valence-electron chi connectivity index (χ4n) is 2.81. The van der Waals surface area contributed by atoms with Crippen molar-refractivity contribution in [2.24, 2.45) is 0 Å². The molecule has 0 radical (unpaired) electrons. The molecule has 5 nitrogen and oxygen atoms in total. The maximum Gasteiger partial charge on any atom is 0.252 e. The van der Waals surface area contributed by atoms with Crippen LogP contribution >= 0.6 is 0 Å². The van der Waals surface area contributed by atoms with Gasteiger partial charge in [-0.3, -0.25) is 4.79 Å². The van der Waals surface area contributed by atoms with E-state index in [0.29, 0.717) is 12.1 Å². The maximum atomic E-state index is 12.2. The molecule has 126 valence electrons. The Kier molecular flexibility index (Phi) is 5.43. The van der Waals surface area contributed by atoms with Crippen molar-refractivity contribution in [1.29, 1.82) is 0 Å². The summed E-state index contributed by atoms with van der Waals surface area (Å²) in [5.41, 5.74) is 1.84. The van der Waals surface area contributed by atoms with Gasteiger partial charge in [0.15, 0.2) is 0 Å². The first-order valence-electron chi connectivity index (χ1n) is 8.44. The number of carbonyl (C=O) groups excluding carboxylic acids is 1. The number of rotatable bonds is 5. The predicted octanol–water partition coefficient (Wildman–Crippen LogP) is 1.81. The lowest BCUT2D eigenvalue weighted by atomic mass is 10.1. The number of amides is 1. The zero-order valence-electron chi connectivity index (χ0n) is 14.1. The van der Waals surface area contributed by atoms with Gasteiger partial charge in [-0.1, -0.05) is 30.3 Å². The molecule has 3 rings (SSSR count). The lowest BCUT2D eigenvalue weighted by molar-refractivity contribution is 0.0954. The van der Waals surface area contributed by atoms with Gasteiger partial charge in [0.25, 0.3) is 5.91 Å². The van der Waals surface area contributed by atoms with Crippen molar-refractivity contribution in [1.82, 2.24) is 15.2 Å². The Morgan fingerprint density at radius 1 is 1.08 bits per heavy atom. The number of pyridine rings is 1. The van der Waals surface area contributed by atoms with Gasteiger partial charge in [0.05, 0.1) is 5.56 Å². The molecule has 1 aliphatic heterocycles. The SMILES string of the molecule is CN1CCN(c2ccc(C(=O)NCCc3ccccc3)cn2)CC1. The van der Waals surface area contributed by atoms with Crippen molar-refractivity contribution in [2.45, 2.75) is 6.42 Å². The Morgan fingerprint density at radius 3 is 2.50 bits per heavy atom. The van der Waals surface area contributed by atoms with Gasteiger partial charge in [0.2, 0.25) is 0 Å². The molecular formula is C19H24N4O. The van der Waals surface area contributed by atoms with Crippen molar-refractivity contribution >= 4 is 11.7 Å². The molecule has 24 heavy (non-hydrogen) atoms. The van der Waals surface area contributed by atoms with E-state index >= 15 is 0 Å². The second kappa shape index (κ2) is 7.93. The van der Waals surface area contributed by atoms with Crippen LogP contribution in [0.25, 0.3) is 0 Å². The molecule has 1 amide bonds. The molecule has 1 aliphatic rings. The normalized spacial score (nSPS) is 15.3. The third-order valence-corrected chi connectivity index (χ3v) is 4.38. The maximum absolute atomic E-state index is 12.2. The van der Waals surface area contributed by atoms with Gasteiger partial charge in [-0.15, -0.1) is 0 Å². The van der Waals surface area contributed by atoms with Crippen LogP contribution in [0.1, 0.15) is 15.9 Å². The van der Waals surface area contributed by atoms with Crippen LogP contribution in [-0.4, -0.2) is 55.6 Å². The third kappa shape index (κ3) is 4.32. The summed E-state index contributed by atoms with van der Waals surface area (Å²) in [6, 6.07) is 14.0. The Hall–Kier alpha value is -2.40. The summed E-state index contributed by atoms with van der Waals surface area (Å²) in [5.74, 6) is 0.882. The molecule has 0 spiro atoms. The number of benzene rings is 1. The quantitative estimate of drug-likeness (QED) is 0.911. The summed E-state index contributed by atoms with van der Waals surface area (Å²) in [5, 5.41) is 2.95. The van der Waals surface area contributed by atoms with Gasteiger partial charge >= 0.3 is 0 Å². The van der Waals surface area contributed by atoms with Crippen LogP contribution in [0.15, 0.2) is 48.7 Å². The highest BCUT2D eigenvalue weighted by Gasteiger charge is 2.15. The second-order valence-electron chi connectivity index (χ2n) is 6.19. The zero-order chi connectivity index (χ0) is 16.8. The number of hydrogen-bond acceptors (Lipinski definition) is 4. The highest BCUT2D eigenvalue weighted by atomic mass is 16.1. The highest BCUT2D eigenvalue weighted by Crippen LogP contribution is 2.13. The van der Waals surface area contributed by atoms with E-state index in [4.69, 9.17) is 0 Å². The van der Waals surface area contributed by atoms with E-state index in [1.54, 1.807) is 6.20 Å². The number of piperazine rings is 1. The summed E-state index contributed by atoms with van der Waals surface area (Å²) in [6.07, 6.45) is 2.50. The van der Waals surface area contributed by atoms with E-state index in [1.165, 1.54) is 5.56 Å². The summed E-state index contributed by atoms with van der Waals surface area (Å²) >= 11 is 0. The third-order valence-electron chi connectivity index (χ3n) is 4.38. The van der Waals surface area contributed by atoms with E-state index < -0.39 is 0 Å². The Labute approximate surface area is 143 Å². The molecule has 1 fully saturated rings. The van der Waals surface area contributed by atoms with Gasteiger partial charge in [0, 0.05) is 38.9 Å². The van der Waals surface area contributed by atoms with Crippen LogP contribution in [0.4, 0.5) is 5.82 Å². The molecule has 0 unspecified atom stereocenters. The van der Waals surface area contributed by atoms with Crippen LogP contribution in [0.5, 0.6) is 0 Å². The average molecular weight is 324 g/mol. The van der Waals surface area contributed by atoms with Gasteiger partial charge < -0.3 is 15.1 Å². The first-order chi connectivity index (χ1) is 11.7. The van der Waals surface area contributed by atoms with Crippen LogP contribution in [0.2, 0.25) is 0 Å². The van der Waals surface area contributed by atoms with Crippen molar-refractivity contribution in [2.75, 3.05) is 44.7 Å². The number of anilines is 1. The monoisotopic (exact) mass is 324 g/mol. The average Bonchev–Trinajstić information content (AvgIpc) is 2.63. The first-order valence-corrected chi connectivity index (χ1v) is 8.44. The van der Waals surface area contributed by atoms with E-state index in [1.807, 2.05) is 30.3 Å². The van der Waals surface area contributed by atoms with Crippen molar-refractivity contribution in [3.8, 4) is 0 Å².